The molecular formula is C21H21F3N4O4. The molecule has 1 aliphatic heterocycles. The lowest BCUT2D eigenvalue weighted by Crippen LogP contribution is -2.49. The summed E-state index contributed by atoms with van der Waals surface area (Å²) in [5.74, 6) is -0.232. The van der Waals surface area contributed by atoms with Gasteiger partial charge in [0.2, 0.25) is 0 Å². The SMILES string of the molecule is Cc1c(C(=O)N2CCN(c3ccc(C(F)(F)F)cc3[N+](=O)[O-])CC2)[nH]c2c1C(=O)CCC2. The number of fused-ring (bicyclic) bond motifs is 1. The highest BCUT2D eigenvalue weighted by atomic mass is 19.4. The normalized spacial score (nSPS) is 16.8. The number of hydrogen-bond donors (Lipinski definition) is 1. The van der Waals surface area contributed by atoms with Crippen LogP contribution in [0.4, 0.5) is 24.5 Å². The number of halogens is 3. The Bertz CT molecular complexity index is 1100. The summed E-state index contributed by atoms with van der Waals surface area (Å²) in [7, 11) is 0. The van der Waals surface area contributed by atoms with Gasteiger partial charge in [0, 0.05) is 49.9 Å². The van der Waals surface area contributed by atoms with Gasteiger partial charge in [-0.05, 0) is 37.5 Å². The number of hydrogen-bond acceptors (Lipinski definition) is 5. The van der Waals surface area contributed by atoms with Gasteiger partial charge >= 0.3 is 6.18 Å². The zero-order valence-electron chi connectivity index (χ0n) is 17.3. The van der Waals surface area contributed by atoms with Crippen molar-refractivity contribution in [3.05, 3.63) is 56.4 Å². The van der Waals surface area contributed by atoms with E-state index in [9.17, 15) is 32.9 Å². The summed E-state index contributed by atoms with van der Waals surface area (Å²) >= 11 is 0. The van der Waals surface area contributed by atoms with E-state index in [0.29, 0.717) is 35.7 Å². The molecule has 11 heteroatoms. The number of nitrogens with zero attached hydrogens (tertiary/aromatic N) is 3. The number of aromatic nitrogens is 1. The number of rotatable bonds is 3. The molecule has 2 aromatic rings. The Morgan fingerprint density at radius 2 is 1.84 bits per heavy atom. The number of H-pyrrole nitrogens is 1. The summed E-state index contributed by atoms with van der Waals surface area (Å²) in [5.41, 5.74) is 0.773. The molecule has 1 aromatic heterocycles. The second-order valence-corrected chi connectivity index (χ2v) is 7.99. The van der Waals surface area contributed by atoms with Crippen molar-refractivity contribution in [1.29, 1.82) is 0 Å². The van der Waals surface area contributed by atoms with Crippen molar-refractivity contribution in [2.24, 2.45) is 0 Å². The van der Waals surface area contributed by atoms with E-state index in [1.54, 1.807) is 16.7 Å². The quantitative estimate of drug-likeness (QED) is 0.568. The Balaban J connectivity index is 1.51. The summed E-state index contributed by atoms with van der Waals surface area (Å²) in [6, 6.07) is 2.47. The average Bonchev–Trinajstić information content (AvgIpc) is 3.10. The molecule has 1 saturated heterocycles. The molecule has 170 valence electrons. The van der Waals surface area contributed by atoms with Gasteiger partial charge in [0.15, 0.2) is 5.78 Å². The van der Waals surface area contributed by atoms with Crippen LogP contribution in [0.25, 0.3) is 0 Å². The molecule has 0 bridgehead atoms. The third-order valence-corrected chi connectivity index (χ3v) is 6.06. The summed E-state index contributed by atoms with van der Waals surface area (Å²) < 4.78 is 38.8. The first-order valence-electron chi connectivity index (χ1n) is 10.2. The number of Topliss-reactive ketones (excluding diaryl/α,β-unsaturated/α-hetero) is 1. The highest BCUT2D eigenvalue weighted by Gasteiger charge is 2.35. The van der Waals surface area contributed by atoms with E-state index in [0.717, 1.165) is 24.2 Å². The average molecular weight is 450 g/mol. The van der Waals surface area contributed by atoms with E-state index in [1.165, 1.54) is 0 Å². The molecule has 8 nitrogen and oxygen atoms in total. The molecule has 0 atom stereocenters. The maximum absolute atomic E-state index is 13.1. The van der Waals surface area contributed by atoms with Gasteiger partial charge in [0.1, 0.15) is 11.4 Å². The van der Waals surface area contributed by atoms with E-state index in [1.807, 2.05) is 0 Å². The summed E-state index contributed by atoms with van der Waals surface area (Å²) in [6.07, 6.45) is -2.77. The Morgan fingerprint density at radius 3 is 2.44 bits per heavy atom. The zero-order valence-corrected chi connectivity index (χ0v) is 17.3. The number of ketones is 1. The summed E-state index contributed by atoms with van der Waals surface area (Å²) in [6.45, 7) is 2.70. The molecule has 1 N–H and O–H groups in total. The van der Waals surface area contributed by atoms with Gasteiger partial charge < -0.3 is 14.8 Å². The predicted molar refractivity (Wildman–Crippen MR) is 109 cm³/mol. The third kappa shape index (κ3) is 3.82. The summed E-state index contributed by atoms with van der Waals surface area (Å²) in [5, 5.41) is 11.4. The van der Waals surface area contributed by atoms with Crippen molar-refractivity contribution < 1.29 is 27.7 Å². The number of carbonyl (C=O) groups excluding carboxylic acids is 2. The smallest absolute Gasteiger partial charge is 0.362 e. The van der Waals surface area contributed by atoms with Crippen LogP contribution < -0.4 is 4.90 Å². The van der Waals surface area contributed by atoms with Gasteiger partial charge in [-0.3, -0.25) is 19.7 Å². The molecule has 32 heavy (non-hydrogen) atoms. The number of benzene rings is 1. The van der Waals surface area contributed by atoms with Crippen molar-refractivity contribution in [2.75, 3.05) is 31.1 Å². The van der Waals surface area contributed by atoms with Crippen LogP contribution in [0.5, 0.6) is 0 Å². The van der Waals surface area contributed by atoms with Gasteiger partial charge in [-0.1, -0.05) is 0 Å². The number of aromatic amines is 1. The Labute approximate surface area is 181 Å². The molecule has 1 fully saturated rings. The molecule has 2 heterocycles. The van der Waals surface area contributed by atoms with Crippen LogP contribution in [0.1, 0.15) is 50.5 Å². The van der Waals surface area contributed by atoms with Gasteiger partial charge in [0.25, 0.3) is 11.6 Å². The highest BCUT2D eigenvalue weighted by Crippen LogP contribution is 2.37. The van der Waals surface area contributed by atoms with Crippen molar-refractivity contribution in [1.82, 2.24) is 9.88 Å². The van der Waals surface area contributed by atoms with Gasteiger partial charge in [-0.15, -0.1) is 0 Å². The van der Waals surface area contributed by atoms with Crippen LogP contribution in [0.15, 0.2) is 18.2 Å². The second-order valence-electron chi connectivity index (χ2n) is 7.99. The molecule has 1 aliphatic carbocycles. The van der Waals surface area contributed by atoms with E-state index < -0.39 is 22.4 Å². The maximum Gasteiger partial charge on any atom is 0.416 e. The largest absolute Gasteiger partial charge is 0.416 e. The predicted octanol–water partition coefficient (Wildman–Crippen LogP) is 3.73. The Hall–Kier alpha value is -3.37. The second kappa shape index (κ2) is 7.95. The fourth-order valence-corrected chi connectivity index (χ4v) is 4.41. The standard InChI is InChI=1S/C21H21F3N4O4/c1-12-18-14(3-2-4-17(18)29)25-19(12)20(30)27-9-7-26(8-10-27)15-6-5-13(21(22,23)24)11-16(15)28(31)32/h5-6,11,25H,2-4,7-10H2,1H3. The first kappa shape index (κ1) is 21.8. The molecule has 2 aliphatic rings. The molecule has 0 unspecified atom stereocenters. The number of amides is 1. The van der Waals surface area contributed by atoms with Crippen LogP contribution >= 0.6 is 0 Å². The van der Waals surface area contributed by atoms with E-state index in [2.05, 4.69) is 4.98 Å². The van der Waals surface area contributed by atoms with Crippen molar-refractivity contribution >= 4 is 23.1 Å². The van der Waals surface area contributed by atoms with Gasteiger partial charge in [-0.2, -0.15) is 13.2 Å². The zero-order chi connectivity index (χ0) is 23.2. The molecule has 1 aromatic carbocycles. The molecule has 1 amide bonds. The van der Waals surface area contributed by atoms with E-state index in [-0.39, 0.29) is 43.6 Å². The maximum atomic E-state index is 13.1. The molecule has 0 saturated carbocycles. The van der Waals surface area contributed by atoms with Crippen LogP contribution in [0.2, 0.25) is 0 Å². The van der Waals surface area contributed by atoms with Crippen molar-refractivity contribution in [3.63, 3.8) is 0 Å². The van der Waals surface area contributed by atoms with Crippen molar-refractivity contribution in [2.45, 2.75) is 32.4 Å². The molecule has 0 spiro atoms. The number of nitro benzene ring substituents is 1. The number of nitrogens with one attached hydrogen (secondary N) is 1. The lowest BCUT2D eigenvalue weighted by Gasteiger charge is -2.35. The lowest BCUT2D eigenvalue weighted by molar-refractivity contribution is -0.384. The minimum absolute atomic E-state index is 0.0264. The summed E-state index contributed by atoms with van der Waals surface area (Å²) in [4.78, 5) is 42.1. The topological polar surface area (TPSA) is 99.5 Å². The monoisotopic (exact) mass is 450 g/mol. The van der Waals surface area contributed by atoms with Crippen LogP contribution in [0, 0.1) is 17.0 Å². The van der Waals surface area contributed by atoms with Crippen LogP contribution in [-0.4, -0.2) is 52.7 Å². The number of aryl methyl sites for hydroxylation is 1. The third-order valence-electron chi connectivity index (χ3n) is 6.06. The number of piperazine rings is 1. The number of anilines is 1. The molecule has 0 radical (unpaired) electrons. The van der Waals surface area contributed by atoms with Crippen molar-refractivity contribution in [3.8, 4) is 0 Å². The number of carbonyl (C=O) groups is 2. The van der Waals surface area contributed by atoms with E-state index in [4.69, 9.17) is 0 Å². The van der Waals surface area contributed by atoms with Gasteiger partial charge in [-0.25, -0.2) is 0 Å². The Kier molecular flexibility index (Phi) is 5.43. The minimum atomic E-state index is -4.68. The Morgan fingerprint density at radius 1 is 1.16 bits per heavy atom. The first-order valence-corrected chi connectivity index (χ1v) is 10.2. The van der Waals surface area contributed by atoms with Gasteiger partial charge in [0.05, 0.1) is 10.5 Å². The minimum Gasteiger partial charge on any atom is -0.362 e. The van der Waals surface area contributed by atoms with Crippen LogP contribution in [-0.2, 0) is 12.6 Å². The van der Waals surface area contributed by atoms with Crippen LogP contribution in [0.3, 0.4) is 0 Å². The number of alkyl halides is 3. The number of nitro groups is 1. The van der Waals surface area contributed by atoms with E-state index >= 15 is 0 Å². The lowest BCUT2D eigenvalue weighted by atomic mass is 9.93. The highest BCUT2D eigenvalue weighted by molar-refractivity contribution is 6.04. The fraction of sp³-hybridized carbons (Fsp3) is 0.429. The fourth-order valence-electron chi connectivity index (χ4n) is 4.41. The molecular weight excluding hydrogens is 429 g/mol. The molecule has 4 rings (SSSR count). The first-order chi connectivity index (χ1) is 15.1.